The molecule has 9 nitrogen and oxygen atoms in total. The third kappa shape index (κ3) is 30.3. The van der Waals surface area contributed by atoms with E-state index in [1.54, 1.807) is 0 Å². The monoisotopic (exact) mass is 643 g/mol. The van der Waals surface area contributed by atoms with Gasteiger partial charge in [0, 0.05) is 19.4 Å². The van der Waals surface area contributed by atoms with Gasteiger partial charge in [0.15, 0.2) is 6.10 Å². The Bertz CT molecular complexity index is 830. The van der Waals surface area contributed by atoms with Gasteiger partial charge < -0.3 is 20.1 Å². The minimum absolute atomic E-state index is 0.0511. The fourth-order valence-corrected chi connectivity index (χ4v) is 5.06. The first-order chi connectivity index (χ1) is 21.3. The van der Waals surface area contributed by atoms with E-state index in [1.165, 1.54) is 25.7 Å². The molecule has 0 saturated heterocycles. The summed E-state index contributed by atoms with van der Waals surface area (Å²) in [5.41, 5.74) is 5.30. The lowest BCUT2D eigenvalue weighted by atomic mass is 10.1. The molecule has 10 heteroatoms. The second-order valence-electron chi connectivity index (χ2n) is 11.0. The summed E-state index contributed by atoms with van der Waals surface area (Å²) in [6.45, 7) is 3.51. The summed E-state index contributed by atoms with van der Waals surface area (Å²) in [5.74, 6) is -0.854. The number of rotatable bonds is 31. The molecule has 0 spiro atoms. The van der Waals surface area contributed by atoms with Crippen LogP contribution < -0.4 is 5.73 Å². The Balaban J connectivity index is 4.21. The van der Waals surface area contributed by atoms with Gasteiger partial charge in [-0.3, -0.25) is 18.6 Å². The third-order valence-corrected chi connectivity index (χ3v) is 7.77. The van der Waals surface area contributed by atoms with Gasteiger partial charge in [0.1, 0.15) is 6.61 Å². The molecular formula is C34H62NO8P. The van der Waals surface area contributed by atoms with E-state index in [2.05, 4.69) is 50.3 Å². The number of hydrogen-bond donors (Lipinski definition) is 2. The molecule has 44 heavy (non-hydrogen) atoms. The van der Waals surface area contributed by atoms with Crippen molar-refractivity contribution >= 4 is 19.8 Å². The summed E-state index contributed by atoms with van der Waals surface area (Å²) in [4.78, 5) is 34.4. The zero-order valence-corrected chi connectivity index (χ0v) is 28.5. The van der Waals surface area contributed by atoms with Crippen LogP contribution in [0.2, 0.25) is 0 Å². The number of allylic oxidation sites excluding steroid dienone is 6. The normalized spacial score (nSPS) is 14.0. The van der Waals surface area contributed by atoms with Crippen molar-refractivity contribution in [2.45, 2.75) is 142 Å². The van der Waals surface area contributed by atoms with Crippen LogP contribution in [-0.2, 0) is 32.7 Å². The molecule has 0 aliphatic carbocycles. The SMILES string of the molecule is CC/C=C\C/C=C\C/C=C\CCCCCCCCCC(=O)OC(COC(=O)CCCCCCCC)COP(=O)(O)OCCN. The number of carbonyl (C=O) groups excluding carboxylic acids is 2. The number of ether oxygens (including phenoxy) is 2. The molecule has 3 N–H and O–H groups in total. The summed E-state index contributed by atoms with van der Waals surface area (Å²) < 4.78 is 32.4. The Labute approximate surface area is 267 Å². The van der Waals surface area contributed by atoms with Crippen LogP contribution in [0.25, 0.3) is 0 Å². The standard InChI is InChI=1S/C34H62NO8P/c1-3-5-7-9-11-12-13-14-15-16-17-18-19-20-21-23-25-27-34(37)43-32(31-42-44(38,39)41-29-28-35)30-40-33(36)26-24-22-10-8-6-4-2/h5,7,11-12,14-15,32H,3-4,6,8-10,13,16-31,35H2,1-2H3,(H,38,39)/b7-5-,12-11-,15-14-. The second kappa shape index (κ2) is 31.2. The molecule has 0 bridgehead atoms. The fourth-order valence-electron chi connectivity index (χ4n) is 4.29. The Kier molecular flexibility index (Phi) is 30.0. The molecule has 0 aliphatic rings. The topological polar surface area (TPSA) is 134 Å². The predicted octanol–water partition coefficient (Wildman–Crippen LogP) is 8.65. The first-order valence-electron chi connectivity index (χ1n) is 17.0. The molecule has 256 valence electrons. The maximum absolute atomic E-state index is 12.4. The van der Waals surface area contributed by atoms with Crippen molar-refractivity contribution in [2.24, 2.45) is 5.73 Å². The summed E-state index contributed by atoms with van der Waals surface area (Å²) >= 11 is 0. The first-order valence-corrected chi connectivity index (χ1v) is 18.5. The lowest BCUT2D eigenvalue weighted by Crippen LogP contribution is -2.29. The zero-order valence-electron chi connectivity index (χ0n) is 27.6. The van der Waals surface area contributed by atoms with Gasteiger partial charge in [0.2, 0.25) is 0 Å². The van der Waals surface area contributed by atoms with Crippen LogP contribution in [0.5, 0.6) is 0 Å². The van der Waals surface area contributed by atoms with Gasteiger partial charge in [-0.25, -0.2) is 4.57 Å². The molecule has 0 saturated carbocycles. The van der Waals surface area contributed by atoms with Crippen LogP contribution >= 0.6 is 7.82 Å². The van der Waals surface area contributed by atoms with Crippen molar-refractivity contribution < 1.29 is 37.6 Å². The average Bonchev–Trinajstić information content (AvgIpc) is 3.00. The van der Waals surface area contributed by atoms with E-state index in [4.69, 9.17) is 24.3 Å². The summed E-state index contributed by atoms with van der Waals surface area (Å²) in [7, 11) is -4.36. The van der Waals surface area contributed by atoms with Gasteiger partial charge >= 0.3 is 19.8 Å². The molecule has 0 fully saturated rings. The van der Waals surface area contributed by atoms with Crippen LogP contribution in [-0.4, -0.2) is 49.3 Å². The van der Waals surface area contributed by atoms with Gasteiger partial charge in [0.05, 0.1) is 13.2 Å². The lowest BCUT2D eigenvalue weighted by molar-refractivity contribution is -0.161. The molecule has 0 amide bonds. The zero-order chi connectivity index (χ0) is 32.6. The average molecular weight is 644 g/mol. The number of hydrogen-bond acceptors (Lipinski definition) is 8. The van der Waals surface area contributed by atoms with E-state index in [1.807, 2.05) is 0 Å². The summed E-state index contributed by atoms with van der Waals surface area (Å²) in [6.07, 6.45) is 30.6. The highest BCUT2D eigenvalue weighted by atomic mass is 31.2. The molecule has 0 aliphatic heterocycles. The van der Waals surface area contributed by atoms with E-state index >= 15 is 0 Å². The Morgan fingerprint density at radius 2 is 1.25 bits per heavy atom. The molecule has 0 radical (unpaired) electrons. The van der Waals surface area contributed by atoms with E-state index in [0.717, 1.165) is 77.0 Å². The molecule has 0 aromatic carbocycles. The van der Waals surface area contributed by atoms with E-state index < -0.39 is 32.5 Å². The Morgan fingerprint density at radius 1 is 0.705 bits per heavy atom. The lowest BCUT2D eigenvalue weighted by Gasteiger charge is -2.19. The highest BCUT2D eigenvalue weighted by Crippen LogP contribution is 2.43. The smallest absolute Gasteiger partial charge is 0.462 e. The van der Waals surface area contributed by atoms with Gasteiger partial charge in [-0.1, -0.05) is 115 Å². The minimum Gasteiger partial charge on any atom is -0.462 e. The number of nitrogens with two attached hydrogens (primary N) is 1. The maximum atomic E-state index is 12.4. The summed E-state index contributed by atoms with van der Waals surface area (Å²) in [6, 6.07) is 0. The van der Waals surface area contributed by atoms with Crippen LogP contribution in [0.3, 0.4) is 0 Å². The quantitative estimate of drug-likeness (QED) is 0.0329. The molecular weight excluding hydrogens is 581 g/mol. The number of phosphoric ester groups is 1. The number of unbranched alkanes of at least 4 members (excludes halogenated alkanes) is 12. The maximum Gasteiger partial charge on any atom is 0.472 e. The van der Waals surface area contributed by atoms with Crippen LogP contribution in [0, 0.1) is 0 Å². The number of carbonyl (C=O) groups is 2. The van der Waals surface area contributed by atoms with Crippen molar-refractivity contribution in [3.63, 3.8) is 0 Å². The van der Waals surface area contributed by atoms with Crippen LogP contribution in [0.4, 0.5) is 0 Å². The minimum atomic E-state index is -4.36. The van der Waals surface area contributed by atoms with E-state index in [9.17, 15) is 19.0 Å². The molecule has 0 rings (SSSR count). The highest BCUT2D eigenvalue weighted by molar-refractivity contribution is 7.47. The largest absolute Gasteiger partial charge is 0.472 e. The molecule has 2 atom stereocenters. The molecule has 0 aromatic rings. The second-order valence-corrected chi connectivity index (χ2v) is 12.5. The van der Waals surface area contributed by atoms with Gasteiger partial charge in [-0.15, -0.1) is 0 Å². The van der Waals surface area contributed by atoms with E-state index in [0.29, 0.717) is 6.42 Å². The number of phosphoric acid groups is 1. The van der Waals surface area contributed by atoms with Crippen molar-refractivity contribution in [1.82, 2.24) is 0 Å². The first kappa shape index (κ1) is 42.2. The predicted molar refractivity (Wildman–Crippen MR) is 178 cm³/mol. The van der Waals surface area contributed by atoms with Gasteiger partial charge in [-0.2, -0.15) is 0 Å². The van der Waals surface area contributed by atoms with E-state index in [-0.39, 0.29) is 32.6 Å². The molecule has 2 unspecified atom stereocenters. The fraction of sp³-hybridized carbons (Fsp3) is 0.765. The Hall–Kier alpha value is -1.77. The van der Waals surface area contributed by atoms with Gasteiger partial charge in [-0.05, 0) is 44.9 Å². The highest BCUT2D eigenvalue weighted by Gasteiger charge is 2.25. The number of esters is 2. The Morgan fingerprint density at radius 3 is 1.86 bits per heavy atom. The van der Waals surface area contributed by atoms with Gasteiger partial charge in [0.25, 0.3) is 0 Å². The molecule has 0 aromatic heterocycles. The summed E-state index contributed by atoms with van der Waals surface area (Å²) in [5, 5.41) is 0. The van der Waals surface area contributed by atoms with Crippen LogP contribution in [0.15, 0.2) is 36.5 Å². The van der Waals surface area contributed by atoms with Crippen LogP contribution in [0.1, 0.15) is 136 Å². The van der Waals surface area contributed by atoms with Crippen molar-refractivity contribution in [2.75, 3.05) is 26.4 Å². The van der Waals surface area contributed by atoms with Crippen molar-refractivity contribution in [1.29, 1.82) is 0 Å². The van der Waals surface area contributed by atoms with Crippen molar-refractivity contribution in [3.8, 4) is 0 Å². The van der Waals surface area contributed by atoms with Crippen molar-refractivity contribution in [3.05, 3.63) is 36.5 Å². The third-order valence-electron chi connectivity index (χ3n) is 6.79. The molecule has 0 heterocycles.